The van der Waals surface area contributed by atoms with Gasteiger partial charge in [0.05, 0.1) is 19.2 Å². The molecule has 0 bridgehead atoms. The molecule has 0 radical (unpaired) electrons. The molecule has 0 aliphatic heterocycles. The summed E-state index contributed by atoms with van der Waals surface area (Å²) in [6.07, 6.45) is 0. The SMILES string of the molecule is COc1cc(C)c(OC)c(Cl)c1CN. The van der Waals surface area contributed by atoms with Crippen molar-refractivity contribution in [3.05, 3.63) is 22.2 Å². The van der Waals surface area contributed by atoms with Gasteiger partial charge in [0.2, 0.25) is 0 Å². The highest BCUT2D eigenvalue weighted by Crippen LogP contribution is 2.37. The van der Waals surface area contributed by atoms with Gasteiger partial charge in [0.25, 0.3) is 0 Å². The molecule has 0 heterocycles. The van der Waals surface area contributed by atoms with Crippen LogP contribution < -0.4 is 15.2 Å². The average Bonchev–Trinajstić information content (AvgIpc) is 2.17. The highest BCUT2D eigenvalue weighted by molar-refractivity contribution is 6.33. The second-order valence-electron chi connectivity index (χ2n) is 2.93. The molecule has 0 spiro atoms. The van der Waals surface area contributed by atoms with E-state index in [0.717, 1.165) is 11.1 Å². The molecule has 4 heteroatoms. The van der Waals surface area contributed by atoms with Gasteiger partial charge in [-0.1, -0.05) is 11.6 Å². The Balaban J connectivity index is 3.39. The molecule has 0 aliphatic carbocycles. The molecule has 3 nitrogen and oxygen atoms in total. The van der Waals surface area contributed by atoms with Crippen LogP contribution in [0.4, 0.5) is 0 Å². The number of nitrogens with two attached hydrogens (primary N) is 1. The topological polar surface area (TPSA) is 44.5 Å². The van der Waals surface area contributed by atoms with E-state index >= 15 is 0 Å². The molecule has 0 atom stereocenters. The number of rotatable bonds is 3. The third-order valence-electron chi connectivity index (χ3n) is 2.10. The standard InChI is InChI=1S/C10H14ClNO2/c1-6-4-8(13-2)7(5-12)9(11)10(6)14-3/h4H,5,12H2,1-3H3. The van der Waals surface area contributed by atoms with Crippen LogP contribution in [0.25, 0.3) is 0 Å². The summed E-state index contributed by atoms with van der Waals surface area (Å²) in [7, 11) is 3.18. The molecule has 2 N–H and O–H groups in total. The van der Waals surface area contributed by atoms with Crippen molar-refractivity contribution < 1.29 is 9.47 Å². The molecule has 0 aliphatic rings. The van der Waals surface area contributed by atoms with E-state index in [-0.39, 0.29) is 0 Å². The van der Waals surface area contributed by atoms with E-state index in [4.69, 9.17) is 26.8 Å². The smallest absolute Gasteiger partial charge is 0.140 e. The molecular formula is C10H14ClNO2. The number of benzene rings is 1. The summed E-state index contributed by atoms with van der Waals surface area (Å²) in [6.45, 7) is 2.24. The third-order valence-corrected chi connectivity index (χ3v) is 2.50. The van der Waals surface area contributed by atoms with E-state index in [2.05, 4.69) is 0 Å². The molecule has 0 fully saturated rings. The maximum absolute atomic E-state index is 6.11. The van der Waals surface area contributed by atoms with Gasteiger partial charge in [0.1, 0.15) is 11.5 Å². The van der Waals surface area contributed by atoms with E-state index in [9.17, 15) is 0 Å². The minimum Gasteiger partial charge on any atom is -0.496 e. The van der Waals surface area contributed by atoms with Crippen molar-refractivity contribution in [3.8, 4) is 11.5 Å². The van der Waals surface area contributed by atoms with Crippen LogP contribution in [0, 0.1) is 6.92 Å². The fourth-order valence-electron chi connectivity index (χ4n) is 1.39. The number of hydrogen-bond acceptors (Lipinski definition) is 3. The first-order chi connectivity index (χ1) is 6.65. The van der Waals surface area contributed by atoms with Crippen molar-refractivity contribution in [2.45, 2.75) is 13.5 Å². The first-order valence-corrected chi connectivity index (χ1v) is 4.63. The van der Waals surface area contributed by atoms with Gasteiger partial charge in [-0.25, -0.2) is 0 Å². The van der Waals surface area contributed by atoms with E-state index in [1.807, 2.05) is 13.0 Å². The minimum atomic E-state index is 0.332. The van der Waals surface area contributed by atoms with Crippen LogP contribution in [0.15, 0.2) is 6.07 Å². The minimum absolute atomic E-state index is 0.332. The largest absolute Gasteiger partial charge is 0.496 e. The van der Waals surface area contributed by atoms with Crippen molar-refractivity contribution in [3.63, 3.8) is 0 Å². The van der Waals surface area contributed by atoms with Gasteiger partial charge in [-0.3, -0.25) is 0 Å². The normalized spacial score (nSPS) is 10.1. The second-order valence-corrected chi connectivity index (χ2v) is 3.30. The molecule has 1 aromatic rings. The average molecular weight is 216 g/mol. The van der Waals surface area contributed by atoms with Gasteiger partial charge in [-0.15, -0.1) is 0 Å². The van der Waals surface area contributed by atoms with E-state index in [1.54, 1.807) is 14.2 Å². The Morgan fingerprint density at radius 2 is 2.00 bits per heavy atom. The molecule has 14 heavy (non-hydrogen) atoms. The lowest BCUT2D eigenvalue weighted by Crippen LogP contribution is -2.03. The van der Waals surface area contributed by atoms with Gasteiger partial charge < -0.3 is 15.2 Å². The fraction of sp³-hybridized carbons (Fsp3) is 0.400. The van der Waals surface area contributed by atoms with E-state index < -0.39 is 0 Å². The zero-order valence-electron chi connectivity index (χ0n) is 8.56. The first-order valence-electron chi connectivity index (χ1n) is 4.25. The molecular weight excluding hydrogens is 202 g/mol. The maximum Gasteiger partial charge on any atom is 0.140 e. The molecule has 78 valence electrons. The third kappa shape index (κ3) is 1.79. The lowest BCUT2D eigenvalue weighted by atomic mass is 10.1. The summed E-state index contributed by atoms with van der Waals surface area (Å²) >= 11 is 6.11. The van der Waals surface area contributed by atoms with Gasteiger partial charge in [-0.2, -0.15) is 0 Å². The second kappa shape index (κ2) is 4.53. The van der Waals surface area contributed by atoms with E-state index in [0.29, 0.717) is 23.1 Å². The molecule has 1 aromatic carbocycles. The Morgan fingerprint density at radius 1 is 1.36 bits per heavy atom. The maximum atomic E-state index is 6.11. The monoisotopic (exact) mass is 215 g/mol. The van der Waals surface area contributed by atoms with Crippen molar-refractivity contribution >= 4 is 11.6 Å². The van der Waals surface area contributed by atoms with Crippen LogP contribution in [0.5, 0.6) is 11.5 Å². The first kappa shape index (κ1) is 11.1. The summed E-state index contributed by atoms with van der Waals surface area (Å²) < 4.78 is 10.4. The molecule has 0 unspecified atom stereocenters. The fourth-order valence-corrected chi connectivity index (χ4v) is 1.79. The highest BCUT2D eigenvalue weighted by Gasteiger charge is 2.14. The zero-order chi connectivity index (χ0) is 10.7. The van der Waals surface area contributed by atoms with Crippen LogP contribution in [0.3, 0.4) is 0 Å². The number of ether oxygens (including phenoxy) is 2. The van der Waals surface area contributed by atoms with Crippen molar-refractivity contribution in [2.75, 3.05) is 14.2 Å². The van der Waals surface area contributed by atoms with Gasteiger partial charge >= 0.3 is 0 Å². The Bertz CT molecular complexity index is 339. The number of hydrogen-bond donors (Lipinski definition) is 1. The van der Waals surface area contributed by atoms with Crippen LogP contribution in [0.2, 0.25) is 5.02 Å². The number of halogens is 1. The van der Waals surface area contributed by atoms with Crippen LogP contribution in [0.1, 0.15) is 11.1 Å². The Morgan fingerprint density at radius 3 is 2.43 bits per heavy atom. The summed E-state index contributed by atoms with van der Waals surface area (Å²) in [5.74, 6) is 1.36. The van der Waals surface area contributed by atoms with Crippen LogP contribution in [-0.4, -0.2) is 14.2 Å². The molecule has 0 aromatic heterocycles. The van der Waals surface area contributed by atoms with Crippen LogP contribution in [-0.2, 0) is 6.54 Å². The predicted molar refractivity (Wildman–Crippen MR) is 57.2 cm³/mol. The summed E-state index contributed by atoms with van der Waals surface area (Å²) in [6, 6.07) is 1.87. The van der Waals surface area contributed by atoms with Crippen molar-refractivity contribution in [2.24, 2.45) is 5.73 Å². The number of methoxy groups -OCH3 is 2. The number of aryl methyl sites for hydroxylation is 1. The van der Waals surface area contributed by atoms with Crippen molar-refractivity contribution in [1.82, 2.24) is 0 Å². The Kier molecular flexibility index (Phi) is 3.61. The summed E-state index contributed by atoms with van der Waals surface area (Å²) in [5.41, 5.74) is 7.29. The van der Waals surface area contributed by atoms with Gasteiger partial charge in [0.15, 0.2) is 0 Å². The molecule has 0 amide bonds. The summed E-state index contributed by atoms with van der Waals surface area (Å²) in [5, 5.41) is 0.534. The van der Waals surface area contributed by atoms with Gasteiger partial charge in [0, 0.05) is 12.1 Å². The van der Waals surface area contributed by atoms with E-state index in [1.165, 1.54) is 0 Å². The predicted octanol–water partition coefficient (Wildman–Crippen LogP) is 2.12. The zero-order valence-corrected chi connectivity index (χ0v) is 9.31. The van der Waals surface area contributed by atoms with Crippen LogP contribution >= 0.6 is 11.6 Å². The lowest BCUT2D eigenvalue weighted by molar-refractivity contribution is 0.396. The highest BCUT2D eigenvalue weighted by atomic mass is 35.5. The molecule has 0 saturated heterocycles. The Hall–Kier alpha value is -0.930. The molecule has 1 rings (SSSR count). The Labute approximate surface area is 88.8 Å². The van der Waals surface area contributed by atoms with Crippen molar-refractivity contribution in [1.29, 1.82) is 0 Å². The van der Waals surface area contributed by atoms with Gasteiger partial charge in [-0.05, 0) is 18.6 Å². The summed E-state index contributed by atoms with van der Waals surface area (Å²) in [4.78, 5) is 0. The quantitative estimate of drug-likeness (QED) is 0.840. The molecule has 0 saturated carbocycles. The lowest BCUT2D eigenvalue weighted by Gasteiger charge is -2.14.